The van der Waals surface area contributed by atoms with Crippen LogP contribution in [-0.4, -0.2) is 44.3 Å². The number of halogens is 2. The molecule has 1 unspecified atom stereocenters. The van der Waals surface area contributed by atoms with Gasteiger partial charge in [-0.3, -0.25) is 13.9 Å². The maximum absolute atomic E-state index is 13.9. The summed E-state index contributed by atoms with van der Waals surface area (Å²) in [6, 6.07) is 18.9. The summed E-state index contributed by atoms with van der Waals surface area (Å²) in [5, 5.41) is 3.61. The molecule has 3 rings (SSSR count). The van der Waals surface area contributed by atoms with E-state index in [1.54, 1.807) is 74.5 Å². The molecule has 7 nitrogen and oxygen atoms in total. The summed E-state index contributed by atoms with van der Waals surface area (Å²) in [5.74, 6) is -0.911. The van der Waals surface area contributed by atoms with Crippen LogP contribution in [0.25, 0.3) is 0 Å². The van der Waals surface area contributed by atoms with Gasteiger partial charge in [0.2, 0.25) is 11.8 Å². The Labute approximate surface area is 234 Å². The highest BCUT2D eigenvalue weighted by atomic mass is 35.5. The zero-order valence-electron chi connectivity index (χ0n) is 21.5. The van der Waals surface area contributed by atoms with E-state index in [1.807, 2.05) is 6.92 Å². The molecule has 3 aromatic rings. The molecule has 38 heavy (non-hydrogen) atoms. The molecule has 0 spiro atoms. The SMILES string of the molecule is CCCNC(=O)C(C)N(Cc1ccccc1Cl)C(=O)CN(c1cccc(Cl)c1C)S(=O)(=O)c1ccccc1. The number of hydrogen-bond donors (Lipinski definition) is 1. The molecule has 1 atom stereocenters. The van der Waals surface area contributed by atoms with Gasteiger partial charge in [0.1, 0.15) is 12.6 Å². The monoisotopic (exact) mass is 575 g/mol. The predicted molar refractivity (Wildman–Crippen MR) is 152 cm³/mol. The molecule has 3 aromatic carbocycles. The number of rotatable bonds is 11. The van der Waals surface area contributed by atoms with Crippen molar-refractivity contribution in [3.05, 3.63) is 94.0 Å². The van der Waals surface area contributed by atoms with Crippen molar-refractivity contribution in [1.29, 1.82) is 0 Å². The second kappa shape index (κ2) is 13.1. The molecule has 0 fully saturated rings. The van der Waals surface area contributed by atoms with Gasteiger partial charge in [-0.1, -0.05) is 72.6 Å². The van der Waals surface area contributed by atoms with E-state index < -0.39 is 28.5 Å². The van der Waals surface area contributed by atoms with Crippen LogP contribution in [0, 0.1) is 6.92 Å². The Balaban J connectivity index is 2.06. The molecule has 0 heterocycles. The van der Waals surface area contributed by atoms with Gasteiger partial charge in [-0.05, 0) is 61.7 Å². The molecule has 2 amide bonds. The van der Waals surface area contributed by atoms with Gasteiger partial charge in [-0.15, -0.1) is 0 Å². The quantitative estimate of drug-likeness (QED) is 0.330. The fourth-order valence-corrected chi connectivity index (χ4v) is 5.75. The molecule has 0 aliphatic rings. The summed E-state index contributed by atoms with van der Waals surface area (Å²) in [6.07, 6.45) is 0.730. The van der Waals surface area contributed by atoms with Crippen LogP contribution in [0.4, 0.5) is 5.69 Å². The fourth-order valence-electron chi connectivity index (χ4n) is 3.89. The van der Waals surface area contributed by atoms with E-state index in [4.69, 9.17) is 23.2 Å². The van der Waals surface area contributed by atoms with Crippen LogP contribution in [0.5, 0.6) is 0 Å². The summed E-state index contributed by atoms with van der Waals surface area (Å²) < 4.78 is 28.7. The van der Waals surface area contributed by atoms with Gasteiger partial charge in [0.25, 0.3) is 10.0 Å². The number of amides is 2. The van der Waals surface area contributed by atoms with Crippen molar-refractivity contribution in [3.8, 4) is 0 Å². The number of anilines is 1. The highest BCUT2D eigenvalue weighted by Crippen LogP contribution is 2.31. The summed E-state index contributed by atoms with van der Waals surface area (Å²) in [5.41, 5.74) is 1.41. The first-order valence-electron chi connectivity index (χ1n) is 12.2. The van der Waals surface area contributed by atoms with Gasteiger partial charge in [0.05, 0.1) is 10.6 Å². The molecule has 0 aromatic heterocycles. The minimum absolute atomic E-state index is 0.0208. The lowest BCUT2D eigenvalue weighted by Crippen LogP contribution is -2.51. The third-order valence-electron chi connectivity index (χ3n) is 6.13. The van der Waals surface area contributed by atoms with Crippen LogP contribution in [0.3, 0.4) is 0 Å². The first kappa shape index (κ1) is 29.5. The van der Waals surface area contributed by atoms with Gasteiger partial charge in [0.15, 0.2) is 0 Å². The van der Waals surface area contributed by atoms with Crippen molar-refractivity contribution >= 4 is 50.7 Å². The molecule has 202 valence electrons. The summed E-state index contributed by atoms with van der Waals surface area (Å²) >= 11 is 12.7. The lowest BCUT2D eigenvalue weighted by Gasteiger charge is -2.32. The molecule has 0 bridgehead atoms. The number of nitrogens with one attached hydrogen (secondary N) is 1. The molecule has 0 saturated carbocycles. The average molecular weight is 577 g/mol. The van der Waals surface area contributed by atoms with Crippen molar-refractivity contribution in [1.82, 2.24) is 10.2 Å². The van der Waals surface area contributed by atoms with Crippen LogP contribution in [0.2, 0.25) is 10.0 Å². The Morgan fingerprint density at radius 1 is 0.921 bits per heavy atom. The zero-order valence-corrected chi connectivity index (χ0v) is 23.9. The Morgan fingerprint density at radius 2 is 1.55 bits per heavy atom. The first-order chi connectivity index (χ1) is 18.1. The zero-order chi connectivity index (χ0) is 27.9. The number of hydrogen-bond acceptors (Lipinski definition) is 4. The van der Waals surface area contributed by atoms with E-state index >= 15 is 0 Å². The van der Waals surface area contributed by atoms with Gasteiger partial charge in [-0.25, -0.2) is 8.42 Å². The number of nitrogens with zero attached hydrogens (tertiary/aromatic N) is 2. The molecular formula is C28H31Cl2N3O4S. The normalized spacial score (nSPS) is 12.0. The van der Waals surface area contributed by atoms with Crippen LogP contribution in [0.15, 0.2) is 77.7 Å². The third-order valence-corrected chi connectivity index (χ3v) is 8.69. The smallest absolute Gasteiger partial charge is 0.264 e. The number of carbonyl (C=O) groups excluding carboxylic acids is 2. The molecule has 0 aliphatic carbocycles. The lowest BCUT2D eigenvalue weighted by atomic mass is 10.1. The van der Waals surface area contributed by atoms with Gasteiger partial charge < -0.3 is 10.2 Å². The summed E-state index contributed by atoms with van der Waals surface area (Å²) in [6.45, 7) is 5.16. The Hall–Kier alpha value is -3.07. The van der Waals surface area contributed by atoms with Crippen LogP contribution >= 0.6 is 23.2 Å². The molecular weight excluding hydrogens is 545 g/mol. The average Bonchev–Trinajstić information content (AvgIpc) is 2.91. The summed E-state index contributed by atoms with van der Waals surface area (Å²) in [7, 11) is -4.16. The van der Waals surface area contributed by atoms with Crippen molar-refractivity contribution in [3.63, 3.8) is 0 Å². The van der Waals surface area contributed by atoms with Crippen LogP contribution in [0.1, 0.15) is 31.4 Å². The largest absolute Gasteiger partial charge is 0.354 e. The predicted octanol–water partition coefficient (Wildman–Crippen LogP) is 5.44. The first-order valence-corrected chi connectivity index (χ1v) is 14.4. The van der Waals surface area contributed by atoms with E-state index in [1.165, 1.54) is 17.0 Å². The highest BCUT2D eigenvalue weighted by molar-refractivity contribution is 7.92. The fraction of sp³-hybridized carbons (Fsp3) is 0.286. The topological polar surface area (TPSA) is 86.8 Å². The van der Waals surface area contributed by atoms with Gasteiger partial charge in [0, 0.05) is 23.1 Å². The van der Waals surface area contributed by atoms with Crippen LogP contribution in [-0.2, 0) is 26.2 Å². The summed E-state index contributed by atoms with van der Waals surface area (Å²) in [4.78, 5) is 28.2. The maximum Gasteiger partial charge on any atom is 0.264 e. The van der Waals surface area contributed by atoms with E-state index in [-0.39, 0.29) is 23.0 Å². The standard InChI is InChI=1S/C28H31Cl2N3O4S/c1-4-17-31-28(35)21(3)32(18-22-11-8-9-14-25(22)30)27(34)19-33(26-16-10-15-24(29)20(26)2)38(36,37)23-12-6-5-7-13-23/h5-16,21H,4,17-19H2,1-3H3,(H,31,35). The third kappa shape index (κ3) is 6.87. The molecule has 0 radical (unpaired) electrons. The van der Waals surface area contributed by atoms with E-state index in [0.717, 1.165) is 10.7 Å². The van der Waals surface area contributed by atoms with Gasteiger partial charge in [-0.2, -0.15) is 0 Å². The Bertz CT molecular complexity index is 1380. The van der Waals surface area contributed by atoms with E-state index in [0.29, 0.717) is 27.7 Å². The minimum Gasteiger partial charge on any atom is -0.354 e. The van der Waals surface area contributed by atoms with E-state index in [2.05, 4.69) is 5.32 Å². The van der Waals surface area contributed by atoms with Gasteiger partial charge >= 0.3 is 0 Å². The maximum atomic E-state index is 13.9. The molecule has 0 saturated heterocycles. The minimum atomic E-state index is -4.16. The molecule has 0 aliphatic heterocycles. The van der Waals surface area contributed by atoms with Crippen molar-refractivity contribution in [2.45, 2.75) is 44.7 Å². The van der Waals surface area contributed by atoms with E-state index in [9.17, 15) is 18.0 Å². The molecule has 10 heteroatoms. The highest BCUT2D eigenvalue weighted by Gasteiger charge is 2.33. The number of sulfonamides is 1. The number of benzene rings is 3. The van der Waals surface area contributed by atoms with Crippen molar-refractivity contribution in [2.75, 3.05) is 17.4 Å². The van der Waals surface area contributed by atoms with Crippen molar-refractivity contribution in [2.24, 2.45) is 0 Å². The number of carbonyl (C=O) groups is 2. The Morgan fingerprint density at radius 3 is 2.21 bits per heavy atom. The second-order valence-electron chi connectivity index (χ2n) is 8.79. The second-order valence-corrected chi connectivity index (χ2v) is 11.5. The Kier molecular flexibility index (Phi) is 10.2. The van der Waals surface area contributed by atoms with Crippen LogP contribution < -0.4 is 9.62 Å². The lowest BCUT2D eigenvalue weighted by molar-refractivity contribution is -0.139. The molecule has 1 N–H and O–H groups in total. The van der Waals surface area contributed by atoms with Crippen molar-refractivity contribution < 1.29 is 18.0 Å².